The minimum atomic E-state index is -3.08. The fraction of sp³-hybridized carbons (Fsp3) is 0.0667. The molecule has 1 unspecified atom stereocenters. The quantitative estimate of drug-likeness (QED) is 0.363. The smallest absolute Gasteiger partial charge is 0.312 e. The van der Waals surface area contributed by atoms with Crippen LogP contribution in [0.5, 0.6) is 0 Å². The highest BCUT2D eigenvalue weighted by molar-refractivity contribution is 7.74. The lowest BCUT2D eigenvalue weighted by atomic mass is 9.95. The summed E-state index contributed by atoms with van der Waals surface area (Å²) in [6.45, 7) is 0. The molecule has 0 aliphatic carbocycles. The van der Waals surface area contributed by atoms with Crippen molar-refractivity contribution in [1.82, 2.24) is 0 Å². The van der Waals surface area contributed by atoms with E-state index in [0.717, 1.165) is 0 Å². The Balaban J connectivity index is 2.46. The van der Waals surface area contributed by atoms with Gasteiger partial charge in [-0.15, -0.1) is 0 Å². The average molecular weight is 320 g/mol. The summed E-state index contributed by atoms with van der Waals surface area (Å²) >= 11 is -3.02. The van der Waals surface area contributed by atoms with Crippen molar-refractivity contribution in [2.75, 3.05) is 0 Å². The average Bonchev–Trinajstić information content (AvgIpc) is 2.54. The van der Waals surface area contributed by atoms with Gasteiger partial charge in [0.1, 0.15) is 0 Å². The highest BCUT2D eigenvalue weighted by Crippen LogP contribution is 2.22. The van der Waals surface area contributed by atoms with Crippen LogP contribution in [0.15, 0.2) is 60.7 Å². The van der Waals surface area contributed by atoms with Gasteiger partial charge >= 0.3 is 17.1 Å². The predicted octanol–water partition coefficient (Wildman–Crippen LogP) is 1.59. The standard InChI is InChI=1S/C15H12O6S/c16-13(11-7-3-1-4-8-11)15(18,21-22(19)20)14(17)12-9-5-2-6-10-12/h1-10,18H,(H,19,20). The van der Waals surface area contributed by atoms with Gasteiger partial charge in [0.05, 0.1) is 0 Å². The first-order valence-electron chi connectivity index (χ1n) is 6.17. The number of benzene rings is 2. The summed E-state index contributed by atoms with van der Waals surface area (Å²) in [5.41, 5.74) is -0.0561. The monoisotopic (exact) mass is 320 g/mol. The fourth-order valence-electron chi connectivity index (χ4n) is 1.85. The van der Waals surface area contributed by atoms with E-state index < -0.39 is 28.7 Å². The Morgan fingerprint density at radius 2 is 1.23 bits per heavy atom. The summed E-state index contributed by atoms with van der Waals surface area (Å²) in [5.74, 6) is -5.32. The van der Waals surface area contributed by atoms with E-state index in [1.165, 1.54) is 48.5 Å². The van der Waals surface area contributed by atoms with Crippen molar-refractivity contribution in [3.63, 3.8) is 0 Å². The summed E-state index contributed by atoms with van der Waals surface area (Å²) in [6, 6.07) is 14.8. The molecule has 6 nitrogen and oxygen atoms in total. The van der Waals surface area contributed by atoms with Crippen LogP contribution in [0.25, 0.3) is 0 Å². The van der Waals surface area contributed by atoms with E-state index in [2.05, 4.69) is 4.18 Å². The molecule has 0 aliphatic rings. The molecule has 0 saturated carbocycles. The van der Waals surface area contributed by atoms with Gasteiger partial charge in [-0.3, -0.25) is 14.1 Å². The largest absolute Gasteiger partial charge is 0.352 e. The van der Waals surface area contributed by atoms with E-state index in [-0.39, 0.29) is 11.1 Å². The third-order valence-electron chi connectivity index (χ3n) is 2.88. The summed E-state index contributed by atoms with van der Waals surface area (Å²) in [5, 5.41) is 10.4. The zero-order valence-corrected chi connectivity index (χ0v) is 12.0. The topological polar surface area (TPSA) is 101 Å². The molecule has 0 fully saturated rings. The molecule has 1 atom stereocenters. The van der Waals surface area contributed by atoms with Gasteiger partial charge in [-0.2, -0.15) is 4.21 Å². The van der Waals surface area contributed by atoms with Crippen LogP contribution < -0.4 is 0 Å². The molecule has 2 N–H and O–H groups in total. The SMILES string of the molecule is O=C(c1ccccc1)C(O)(OS(=O)O)C(=O)c1ccccc1. The lowest BCUT2D eigenvalue weighted by molar-refractivity contribution is -0.0684. The van der Waals surface area contributed by atoms with Gasteiger partial charge in [-0.1, -0.05) is 60.7 Å². The van der Waals surface area contributed by atoms with Gasteiger partial charge in [0.25, 0.3) is 0 Å². The van der Waals surface area contributed by atoms with Gasteiger partial charge in [0.15, 0.2) is 0 Å². The third-order valence-corrected chi connectivity index (χ3v) is 3.26. The highest BCUT2D eigenvalue weighted by Gasteiger charge is 2.48. The number of carbonyl (C=O) groups is 2. The van der Waals surface area contributed by atoms with Crippen LogP contribution in [-0.2, 0) is 15.5 Å². The van der Waals surface area contributed by atoms with Crippen LogP contribution in [0.4, 0.5) is 0 Å². The molecule has 0 amide bonds. The Morgan fingerprint density at radius 1 is 0.864 bits per heavy atom. The van der Waals surface area contributed by atoms with Gasteiger partial charge in [0.2, 0.25) is 11.6 Å². The predicted molar refractivity (Wildman–Crippen MR) is 78.4 cm³/mol. The van der Waals surface area contributed by atoms with Crippen molar-refractivity contribution in [2.24, 2.45) is 0 Å². The van der Waals surface area contributed by atoms with E-state index >= 15 is 0 Å². The third kappa shape index (κ3) is 3.34. The highest BCUT2D eigenvalue weighted by atomic mass is 32.2. The fourth-order valence-corrected chi connectivity index (χ4v) is 2.21. The Morgan fingerprint density at radius 3 is 1.55 bits per heavy atom. The van der Waals surface area contributed by atoms with Crippen LogP contribution >= 0.6 is 0 Å². The molecule has 114 valence electrons. The normalized spacial score (nSPS) is 12.6. The van der Waals surface area contributed by atoms with Gasteiger partial charge in [-0.05, 0) is 0 Å². The second-order valence-corrected chi connectivity index (χ2v) is 4.94. The molecule has 0 radical (unpaired) electrons. The Labute approximate surface area is 128 Å². The number of hydrogen-bond acceptors (Lipinski definition) is 5. The van der Waals surface area contributed by atoms with E-state index in [4.69, 9.17) is 4.55 Å². The maximum Gasteiger partial charge on any atom is 0.312 e. The molecule has 0 heterocycles. The molecule has 2 rings (SSSR count). The number of ketones is 2. The van der Waals surface area contributed by atoms with Gasteiger partial charge in [0, 0.05) is 11.1 Å². The molecule has 2 aromatic rings. The first kappa shape index (κ1) is 16.2. The second-order valence-electron chi connectivity index (χ2n) is 4.33. The number of Topliss-reactive ketones (excluding diaryl/α,β-unsaturated/α-hetero) is 2. The molecule has 0 aromatic heterocycles. The van der Waals surface area contributed by atoms with Crippen LogP contribution in [0.2, 0.25) is 0 Å². The van der Waals surface area contributed by atoms with Crippen LogP contribution in [0, 0.1) is 0 Å². The number of aliphatic hydroxyl groups is 1. The summed E-state index contributed by atoms with van der Waals surface area (Å²) in [4.78, 5) is 24.8. The molecule has 0 spiro atoms. The minimum Gasteiger partial charge on any atom is -0.352 e. The van der Waals surface area contributed by atoms with E-state index in [0.29, 0.717) is 0 Å². The Kier molecular flexibility index (Phi) is 4.94. The van der Waals surface area contributed by atoms with Crippen molar-refractivity contribution in [1.29, 1.82) is 0 Å². The van der Waals surface area contributed by atoms with Crippen LogP contribution in [0.3, 0.4) is 0 Å². The van der Waals surface area contributed by atoms with Gasteiger partial charge in [-0.25, -0.2) is 4.18 Å². The molecule has 0 bridgehead atoms. The lowest BCUT2D eigenvalue weighted by Crippen LogP contribution is -2.49. The second kappa shape index (κ2) is 6.71. The maximum absolute atomic E-state index is 12.4. The van der Waals surface area contributed by atoms with E-state index in [1.807, 2.05) is 0 Å². The Hall–Kier alpha value is -2.19. The number of hydrogen-bond donors (Lipinski definition) is 2. The van der Waals surface area contributed by atoms with Crippen molar-refractivity contribution >= 4 is 22.9 Å². The molecule has 22 heavy (non-hydrogen) atoms. The van der Waals surface area contributed by atoms with Crippen molar-refractivity contribution in [3.05, 3.63) is 71.8 Å². The molecule has 7 heteroatoms. The van der Waals surface area contributed by atoms with E-state index in [9.17, 15) is 18.9 Å². The zero-order valence-electron chi connectivity index (χ0n) is 11.2. The van der Waals surface area contributed by atoms with Crippen LogP contribution in [-0.4, -0.2) is 31.2 Å². The zero-order chi connectivity index (χ0) is 16.2. The lowest BCUT2D eigenvalue weighted by Gasteiger charge is -2.22. The first-order valence-corrected chi connectivity index (χ1v) is 7.21. The van der Waals surface area contributed by atoms with Crippen molar-refractivity contribution < 1.29 is 27.6 Å². The molecular formula is C15H12O6S. The first-order chi connectivity index (χ1) is 10.4. The maximum atomic E-state index is 12.4. The summed E-state index contributed by atoms with van der Waals surface area (Å²) in [7, 11) is 0. The number of rotatable bonds is 6. The summed E-state index contributed by atoms with van der Waals surface area (Å²) < 4.78 is 24.1. The van der Waals surface area contributed by atoms with Crippen molar-refractivity contribution in [3.8, 4) is 0 Å². The van der Waals surface area contributed by atoms with Crippen molar-refractivity contribution in [2.45, 2.75) is 5.79 Å². The minimum absolute atomic E-state index is 0.0280. The van der Waals surface area contributed by atoms with Gasteiger partial charge < -0.3 is 5.11 Å². The Bertz CT molecular complexity index is 647. The van der Waals surface area contributed by atoms with E-state index in [1.54, 1.807) is 12.1 Å². The molecule has 0 aliphatic heterocycles. The van der Waals surface area contributed by atoms with Crippen LogP contribution in [0.1, 0.15) is 20.7 Å². The molecular weight excluding hydrogens is 308 g/mol. The number of carbonyl (C=O) groups excluding carboxylic acids is 2. The molecule has 2 aromatic carbocycles. The summed E-state index contributed by atoms with van der Waals surface area (Å²) in [6.07, 6.45) is 0. The molecule has 0 saturated heterocycles.